The van der Waals surface area contributed by atoms with Gasteiger partial charge in [-0.1, -0.05) is 13.0 Å². The van der Waals surface area contributed by atoms with E-state index >= 15 is 0 Å². The second-order valence-electron chi connectivity index (χ2n) is 9.67. The molecule has 0 radical (unpaired) electrons. The number of halogens is 1. The van der Waals surface area contributed by atoms with Crippen LogP contribution in [0.2, 0.25) is 0 Å². The standard InChI is InChI=1S/C28H31FN6O5/c1-17-14-35(18(2)16-36)27(38)21-5-4-6-22(33-26(37)23-13-30-11-12-31-23)25(21)40-24(17)15-34(3)28(39)32-20-9-7-19(29)8-10-20/h4-13,17-18,24,36H,14-16H2,1-3H3,(H,32,39)(H,33,37)/t17-,18+,24+/m1/s1. The predicted molar refractivity (Wildman–Crippen MR) is 146 cm³/mol. The molecule has 0 spiro atoms. The fourth-order valence-corrected chi connectivity index (χ4v) is 4.27. The molecule has 1 aliphatic rings. The third kappa shape index (κ3) is 6.52. The van der Waals surface area contributed by atoms with E-state index in [0.29, 0.717) is 5.69 Å². The van der Waals surface area contributed by atoms with E-state index in [2.05, 4.69) is 20.6 Å². The number of hydrogen-bond acceptors (Lipinski definition) is 7. The average molecular weight is 551 g/mol. The van der Waals surface area contributed by atoms with Crippen molar-refractivity contribution in [3.05, 3.63) is 78.1 Å². The number of amides is 4. The van der Waals surface area contributed by atoms with Gasteiger partial charge in [-0.3, -0.25) is 14.6 Å². The van der Waals surface area contributed by atoms with Crippen LogP contribution in [-0.4, -0.2) is 81.6 Å². The fourth-order valence-electron chi connectivity index (χ4n) is 4.27. The molecule has 12 heteroatoms. The summed E-state index contributed by atoms with van der Waals surface area (Å²) in [4.78, 5) is 50.3. The smallest absolute Gasteiger partial charge is 0.321 e. The number of para-hydroxylation sites is 1. The Kier molecular flexibility index (Phi) is 8.90. The monoisotopic (exact) mass is 550 g/mol. The third-order valence-electron chi connectivity index (χ3n) is 6.63. The van der Waals surface area contributed by atoms with Gasteiger partial charge in [0, 0.05) is 37.6 Å². The van der Waals surface area contributed by atoms with Crippen molar-refractivity contribution in [3.8, 4) is 5.75 Å². The van der Waals surface area contributed by atoms with Crippen LogP contribution in [0.3, 0.4) is 0 Å². The SMILES string of the molecule is C[C@@H]1CN([C@@H](C)CO)C(=O)c2cccc(NC(=O)c3cnccn3)c2O[C@H]1CN(C)C(=O)Nc1ccc(F)cc1. The van der Waals surface area contributed by atoms with E-state index < -0.39 is 29.9 Å². The first-order valence-corrected chi connectivity index (χ1v) is 12.7. The lowest BCUT2D eigenvalue weighted by Crippen LogP contribution is -2.50. The first-order chi connectivity index (χ1) is 19.2. The van der Waals surface area contributed by atoms with Gasteiger partial charge in [0.25, 0.3) is 11.8 Å². The summed E-state index contributed by atoms with van der Waals surface area (Å²) in [5.41, 5.74) is 0.955. The Hall–Kier alpha value is -4.58. The zero-order valence-corrected chi connectivity index (χ0v) is 22.4. The number of carbonyl (C=O) groups is 3. The van der Waals surface area contributed by atoms with Gasteiger partial charge in [-0.2, -0.15) is 0 Å². The maximum Gasteiger partial charge on any atom is 0.321 e. The highest BCUT2D eigenvalue weighted by Gasteiger charge is 2.35. The van der Waals surface area contributed by atoms with E-state index in [1.54, 1.807) is 37.1 Å². The molecule has 0 saturated carbocycles. The molecule has 0 saturated heterocycles. The van der Waals surface area contributed by atoms with Crippen LogP contribution in [0.5, 0.6) is 5.75 Å². The van der Waals surface area contributed by atoms with Crippen LogP contribution in [0.4, 0.5) is 20.6 Å². The van der Waals surface area contributed by atoms with Crippen molar-refractivity contribution in [2.24, 2.45) is 5.92 Å². The molecule has 0 fully saturated rings. The van der Waals surface area contributed by atoms with E-state index in [4.69, 9.17) is 4.74 Å². The summed E-state index contributed by atoms with van der Waals surface area (Å²) in [5.74, 6) is -1.46. The minimum Gasteiger partial charge on any atom is -0.485 e. The van der Waals surface area contributed by atoms with Crippen molar-refractivity contribution >= 4 is 29.2 Å². The van der Waals surface area contributed by atoms with Crippen molar-refractivity contribution in [2.45, 2.75) is 26.0 Å². The van der Waals surface area contributed by atoms with Gasteiger partial charge in [0.2, 0.25) is 0 Å². The number of likely N-dealkylation sites (N-methyl/N-ethyl adjacent to an activating group) is 1. The van der Waals surface area contributed by atoms with Crippen LogP contribution in [0, 0.1) is 11.7 Å². The van der Waals surface area contributed by atoms with Gasteiger partial charge < -0.3 is 30.3 Å². The Balaban J connectivity index is 1.64. The molecule has 3 atom stereocenters. The molecule has 4 rings (SSSR count). The number of nitrogens with one attached hydrogen (secondary N) is 2. The largest absolute Gasteiger partial charge is 0.485 e. The number of aliphatic hydroxyl groups is 1. The number of aliphatic hydroxyl groups excluding tert-OH is 1. The minimum absolute atomic E-state index is 0.0786. The van der Waals surface area contributed by atoms with E-state index in [1.165, 1.54) is 47.8 Å². The number of benzene rings is 2. The maximum atomic E-state index is 13.6. The van der Waals surface area contributed by atoms with E-state index in [-0.39, 0.29) is 54.2 Å². The molecule has 1 aromatic heterocycles. The summed E-state index contributed by atoms with van der Waals surface area (Å²) in [6, 6.07) is 9.30. The number of anilines is 2. The van der Waals surface area contributed by atoms with Gasteiger partial charge in [-0.05, 0) is 43.3 Å². The number of hydrogen-bond donors (Lipinski definition) is 3. The summed E-state index contributed by atoms with van der Waals surface area (Å²) in [6.45, 7) is 3.75. The van der Waals surface area contributed by atoms with E-state index in [0.717, 1.165) is 0 Å². The second kappa shape index (κ2) is 12.5. The number of ether oxygens (including phenoxy) is 1. The first-order valence-electron chi connectivity index (χ1n) is 12.7. The number of carbonyl (C=O) groups excluding carboxylic acids is 3. The van der Waals surface area contributed by atoms with Crippen LogP contribution < -0.4 is 15.4 Å². The lowest BCUT2D eigenvalue weighted by Gasteiger charge is -2.38. The van der Waals surface area contributed by atoms with Crippen molar-refractivity contribution in [2.75, 3.05) is 37.4 Å². The van der Waals surface area contributed by atoms with Crippen LogP contribution in [0.25, 0.3) is 0 Å². The number of rotatable bonds is 7. The Bertz CT molecular complexity index is 1360. The van der Waals surface area contributed by atoms with Gasteiger partial charge in [-0.25, -0.2) is 14.2 Å². The third-order valence-corrected chi connectivity index (χ3v) is 6.63. The van der Waals surface area contributed by atoms with Crippen LogP contribution in [0.1, 0.15) is 34.7 Å². The van der Waals surface area contributed by atoms with Crippen molar-refractivity contribution in [3.63, 3.8) is 0 Å². The maximum absolute atomic E-state index is 13.6. The summed E-state index contributed by atoms with van der Waals surface area (Å²) < 4.78 is 19.7. The van der Waals surface area contributed by atoms with Gasteiger partial charge in [0.05, 0.1) is 36.6 Å². The average Bonchev–Trinajstić information content (AvgIpc) is 2.96. The quantitative estimate of drug-likeness (QED) is 0.411. The van der Waals surface area contributed by atoms with E-state index in [1.807, 2.05) is 6.92 Å². The molecule has 3 aromatic rings. The highest BCUT2D eigenvalue weighted by molar-refractivity contribution is 6.06. The van der Waals surface area contributed by atoms with Gasteiger partial charge >= 0.3 is 6.03 Å². The summed E-state index contributed by atoms with van der Waals surface area (Å²) in [7, 11) is 1.59. The minimum atomic E-state index is -0.612. The lowest BCUT2D eigenvalue weighted by atomic mass is 9.99. The lowest BCUT2D eigenvalue weighted by molar-refractivity contribution is 0.0372. The highest BCUT2D eigenvalue weighted by Crippen LogP contribution is 2.35. The van der Waals surface area contributed by atoms with Gasteiger partial charge in [-0.15, -0.1) is 0 Å². The molecular formula is C28H31FN6O5. The van der Waals surface area contributed by atoms with Crippen molar-refractivity contribution in [1.29, 1.82) is 0 Å². The number of nitrogens with zero attached hydrogens (tertiary/aromatic N) is 4. The van der Waals surface area contributed by atoms with Crippen LogP contribution in [-0.2, 0) is 0 Å². The topological polar surface area (TPSA) is 137 Å². The second-order valence-corrected chi connectivity index (χ2v) is 9.67. The highest BCUT2D eigenvalue weighted by atomic mass is 19.1. The molecular weight excluding hydrogens is 519 g/mol. The fraction of sp³-hybridized carbons (Fsp3) is 0.321. The molecule has 1 aliphatic heterocycles. The predicted octanol–water partition coefficient (Wildman–Crippen LogP) is 3.25. The number of fused-ring (bicyclic) bond motifs is 1. The van der Waals surface area contributed by atoms with Crippen molar-refractivity contribution < 1.29 is 28.6 Å². The normalized spacial score (nSPS) is 17.5. The molecule has 210 valence electrons. The zero-order valence-electron chi connectivity index (χ0n) is 22.4. The summed E-state index contributed by atoms with van der Waals surface area (Å²) in [6.07, 6.45) is 3.54. The van der Waals surface area contributed by atoms with Gasteiger partial charge in [0.15, 0.2) is 5.75 Å². The molecule has 2 aromatic carbocycles. The molecule has 0 unspecified atom stereocenters. The van der Waals surface area contributed by atoms with Gasteiger partial charge in [0.1, 0.15) is 17.6 Å². The van der Waals surface area contributed by atoms with E-state index in [9.17, 15) is 23.9 Å². The first kappa shape index (κ1) is 28.4. The Morgan fingerprint density at radius 2 is 1.95 bits per heavy atom. The Morgan fingerprint density at radius 3 is 2.62 bits per heavy atom. The zero-order chi connectivity index (χ0) is 28.8. The van der Waals surface area contributed by atoms with Crippen LogP contribution in [0.15, 0.2) is 61.1 Å². The summed E-state index contributed by atoms with van der Waals surface area (Å²) >= 11 is 0. The molecule has 40 heavy (non-hydrogen) atoms. The Morgan fingerprint density at radius 1 is 1.20 bits per heavy atom. The molecule has 2 heterocycles. The van der Waals surface area contributed by atoms with Crippen molar-refractivity contribution in [1.82, 2.24) is 19.8 Å². The molecule has 0 bridgehead atoms. The number of urea groups is 1. The molecule has 3 N–H and O–H groups in total. The molecule has 0 aliphatic carbocycles. The molecule has 11 nitrogen and oxygen atoms in total. The van der Waals surface area contributed by atoms with Crippen LogP contribution >= 0.6 is 0 Å². The number of aromatic nitrogens is 2. The summed E-state index contributed by atoms with van der Waals surface area (Å²) in [5, 5.41) is 15.3. The Labute approximate surface area is 231 Å². The molecule has 4 amide bonds.